The van der Waals surface area contributed by atoms with E-state index in [-0.39, 0.29) is 6.04 Å². The molecule has 1 aromatic heterocycles. The number of hydrogen-bond donors (Lipinski definition) is 1. The van der Waals surface area contributed by atoms with Gasteiger partial charge in [-0.3, -0.25) is 0 Å². The lowest BCUT2D eigenvalue weighted by atomic mass is 9.92. The number of nitrogens with two attached hydrogens (primary N) is 1. The van der Waals surface area contributed by atoms with Crippen LogP contribution < -0.4 is 10.6 Å². The lowest BCUT2D eigenvalue weighted by molar-refractivity contribution is 0.584. The third-order valence-electron chi connectivity index (χ3n) is 3.65. The van der Waals surface area contributed by atoms with Crippen molar-refractivity contribution < 1.29 is 0 Å². The molecule has 2 heterocycles. The molecule has 3 rings (SSSR count). The van der Waals surface area contributed by atoms with Crippen molar-refractivity contribution in [1.82, 2.24) is 4.98 Å². The molecule has 1 aliphatic rings. The highest BCUT2D eigenvalue weighted by molar-refractivity contribution is 6.32. The Morgan fingerprint density at radius 3 is 2.89 bits per heavy atom. The van der Waals surface area contributed by atoms with Gasteiger partial charge >= 0.3 is 0 Å². The molecule has 4 heteroatoms. The Morgan fingerprint density at radius 2 is 2.11 bits per heavy atom. The maximum absolute atomic E-state index is 6.26. The second kappa shape index (κ2) is 5.19. The van der Waals surface area contributed by atoms with Crippen LogP contribution in [-0.2, 0) is 6.42 Å². The normalized spacial score (nSPS) is 18.2. The number of fused-ring (bicyclic) bond motifs is 1. The Morgan fingerprint density at radius 1 is 1.26 bits per heavy atom. The number of pyridine rings is 1. The molecule has 3 nitrogen and oxygen atoms in total. The van der Waals surface area contributed by atoms with Crippen molar-refractivity contribution in [3.05, 3.63) is 58.7 Å². The number of nitrogens with zero attached hydrogens (tertiary/aromatic N) is 2. The Balaban J connectivity index is 2.03. The number of anilines is 1. The number of halogens is 1. The first-order valence-corrected chi connectivity index (χ1v) is 6.84. The van der Waals surface area contributed by atoms with Gasteiger partial charge in [0.15, 0.2) is 0 Å². The topological polar surface area (TPSA) is 42.1 Å². The standard InChI is InChI=1S/C15H16ClN3/c16-13-6-3-8-18-15(13)19-9-7-11-4-1-2-5-12(11)14(19)10-17/h1-6,8,14H,7,9-10,17H2. The molecule has 0 amide bonds. The molecule has 2 aromatic rings. The van der Waals surface area contributed by atoms with Crippen molar-refractivity contribution in [3.63, 3.8) is 0 Å². The van der Waals surface area contributed by atoms with E-state index in [1.165, 1.54) is 11.1 Å². The summed E-state index contributed by atoms with van der Waals surface area (Å²) in [5.74, 6) is 0.828. The smallest absolute Gasteiger partial charge is 0.147 e. The molecular formula is C15H16ClN3. The summed E-state index contributed by atoms with van der Waals surface area (Å²) in [5, 5.41) is 0.681. The van der Waals surface area contributed by atoms with E-state index in [1.54, 1.807) is 6.20 Å². The summed E-state index contributed by atoms with van der Waals surface area (Å²) in [7, 11) is 0. The van der Waals surface area contributed by atoms with Gasteiger partial charge in [-0.25, -0.2) is 4.98 Å². The fourth-order valence-electron chi connectivity index (χ4n) is 2.75. The predicted octanol–water partition coefficient (Wildman–Crippen LogP) is 2.80. The Labute approximate surface area is 118 Å². The molecule has 98 valence electrons. The van der Waals surface area contributed by atoms with Gasteiger partial charge in [0.25, 0.3) is 0 Å². The molecule has 0 saturated heterocycles. The van der Waals surface area contributed by atoms with Crippen LogP contribution in [0.3, 0.4) is 0 Å². The van der Waals surface area contributed by atoms with Gasteiger partial charge in [0.2, 0.25) is 0 Å². The molecule has 2 N–H and O–H groups in total. The van der Waals surface area contributed by atoms with E-state index >= 15 is 0 Å². The molecule has 0 aliphatic carbocycles. The summed E-state index contributed by atoms with van der Waals surface area (Å²) in [4.78, 5) is 6.62. The number of aromatic nitrogens is 1. The largest absolute Gasteiger partial charge is 0.347 e. The van der Waals surface area contributed by atoms with E-state index in [2.05, 4.69) is 34.1 Å². The zero-order valence-corrected chi connectivity index (χ0v) is 11.3. The van der Waals surface area contributed by atoms with Crippen LogP contribution in [0, 0.1) is 0 Å². The van der Waals surface area contributed by atoms with Crippen molar-refractivity contribution in [3.8, 4) is 0 Å². The average Bonchev–Trinajstić information content (AvgIpc) is 2.46. The minimum atomic E-state index is 0.150. The second-order valence-electron chi connectivity index (χ2n) is 4.70. The van der Waals surface area contributed by atoms with Gasteiger partial charge in [-0.05, 0) is 29.7 Å². The Hall–Kier alpha value is -1.58. The minimum Gasteiger partial charge on any atom is -0.347 e. The zero-order chi connectivity index (χ0) is 13.2. The molecule has 1 unspecified atom stereocenters. The quantitative estimate of drug-likeness (QED) is 0.915. The van der Waals surface area contributed by atoms with Crippen LogP contribution in [0.5, 0.6) is 0 Å². The van der Waals surface area contributed by atoms with Crippen LogP contribution in [0.25, 0.3) is 0 Å². The number of rotatable bonds is 2. The Bertz CT molecular complexity index is 585. The summed E-state index contributed by atoms with van der Waals surface area (Å²) in [6.45, 7) is 1.46. The zero-order valence-electron chi connectivity index (χ0n) is 10.6. The highest BCUT2D eigenvalue weighted by Crippen LogP contribution is 2.34. The van der Waals surface area contributed by atoms with Crippen molar-refractivity contribution >= 4 is 17.4 Å². The molecule has 1 aliphatic heterocycles. The third-order valence-corrected chi connectivity index (χ3v) is 3.94. The summed E-state index contributed by atoms with van der Waals surface area (Å²) in [5.41, 5.74) is 8.65. The third kappa shape index (κ3) is 2.20. The van der Waals surface area contributed by atoms with Crippen molar-refractivity contribution in [2.24, 2.45) is 5.73 Å². The van der Waals surface area contributed by atoms with E-state index in [4.69, 9.17) is 17.3 Å². The van der Waals surface area contributed by atoms with Crippen LogP contribution in [0.15, 0.2) is 42.6 Å². The second-order valence-corrected chi connectivity index (χ2v) is 5.11. The van der Waals surface area contributed by atoms with Gasteiger partial charge in [-0.1, -0.05) is 35.9 Å². The first-order valence-electron chi connectivity index (χ1n) is 6.46. The highest BCUT2D eigenvalue weighted by Gasteiger charge is 2.27. The van der Waals surface area contributed by atoms with Gasteiger partial charge in [-0.2, -0.15) is 0 Å². The van der Waals surface area contributed by atoms with Crippen LogP contribution in [0.2, 0.25) is 5.02 Å². The summed E-state index contributed by atoms with van der Waals surface area (Å²) < 4.78 is 0. The van der Waals surface area contributed by atoms with E-state index < -0.39 is 0 Å². The van der Waals surface area contributed by atoms with Crippen molar-refractivity contribution in [2.45, 2.75) is 12.5 Å². The maximum atomic E-state index is 6.26. The summed E-state index contributed by atoms with van der Waals surface area (Å²) >= 11 is 6.26. The SMILES string of the molecule is NCC1c2ccccc2CCN1c1ncccc1Cl. The van der Waals surface area contributed by atoms with Crippen LogP contribution in [0.1, 0.15) is 17.2 Å². The predicted molar refractivity (Wildman–Crippen MR) is 78.5 cm³/mol. The van der Waals surface area contributed by atoms with Crippen LogP contribution in [-0.4, -0.2) is 18.1 Å². The molecule has 19 heavy (non-hydrogen) atoms. The summed E-state index contributed by atoms with van der Waals surface area (Å²) in [6, 6.07) is 12.3. The molecule has 0 fully saturated rings. The van der Waals surface area contributed by atoms with E-state index in [0.717, 1.165) is 18.8 Å². The monoisotopic (exact) mass is 273 g/mol. The van der Waals surface area contributed by atoms with Gasteiger partial charge in [0, 0.05) is 19.3 Å². The van der Waals surface area contributed by atoms with Crippen molar-refractivity contribution in [1.29, 1.82) is 0 Å². The molecule has 0 bridgehead atoms. The van der Waals surface area contributed by atoms with Crippen LogP contribution in [0.4, 0.5) is 5.82 Å². The van der Waals surface area contributed by atoms with Gasteiger partial charge < -0.3 is 10.6 Å². The first-order chi connectivity index (χ1) is 9.31. The van der Waals surface area contributed by atoms with E-state index in [1.807, 2.05) is 12.1 Å². The van der Waals surface area contributed by atoms with E-state index in [0.29, 0.717) is 11.6 Å². The van der Waals surface area contributed by atoms with Gasteiger partial charge in [0.1, 0.15) is 5.82 Å². The molecule has 0 radical (unpaired) electrons. The van der Waals surface area contributed by atoms with Gasteiger partial charge in [0.05, 0.1) is 11.1 Å². The molecule has 0 spiro atoms. The molecular weight excluding hydrogens is 258 g/mol. The first kappa shape index (κ1) is 12.5. The summed E-state index contributed by atoms with van der Waals surface area (Å²) in [6.07, 6.45) is 2.77. The highest BCUT2D eigenvalue weighted by atomic mass is 35.5. The number of hydrogen-bond acceptors (Lipinski definition) is 3. The molecule has 0 saturated carbocycles. The minimum absolute atomic E-state index is 0.150. The molecule has 1 aromatic carbocycles. The maximum Gasteiger partial charge on any atom is 0.147 e. The van der Waals surface area contributed by atoms with Crippen LogP contribution >= 0.6 is 11.6 Å². The lowest BCUT2D eigenvalue weighted by Crippen LogP contribution is -2.40. The van der Waals surface area contributed by atoms with Gasteiger partial charge in [-0.15, -0.1) is 0 Å². The fourth-order valence-corrected chi connectivity index (χ4v) is 2.98. The lowest BCUT2D eigenvalue weighted by Gasteiger charge is -2.38. The fraction of sp³-hybridized carbons (Fsp3) is 0.267. The molecule has 1 atom stereocenters. The number of benzene rings is 1. The Kier molecular flexibility index (Phi) is 3.40. The van der Waals surface area contributed by atoms with E-state index in [9.17, 15) is 0 Å². The van der Waals surface area contributed by atoms with Crippen molar-refractivity contribution in [2.75, 3.05) is 18.0 Å². The average molecular weight is 274 g/mol.